The number of carbonyl (C=O) groups is 1. The topological polar surface area (TPSA) is 41.1 Å². The zero-order valence-corrected chi connectivity index (χ0v) is 12.6. The van der Waals surface area contributed by atoms with Gasteiger partial charge in [0.05, 0.1) is 15.7 Å². The minimum Gasteiger partial charge on any atom is -0.324 e. The van der Waals surface area contributed by atoms with Crippen molar-refractivity contribution < 1.29 is 9.18 Å². The smallest absolute Gasteiger partial charge is 0.225 e. The molecule has 0 saturated heterocycles. The maximum absolute atomic E-state index is 13.0. The molecule has 0 saturated carbocycles. The SMILES string of the molecule is CC(C)(C)NCCC(=O)Nc1c(Cl)cc(F)cc1Cl. The molecule has 0 aliphatic carbocycles. The van der Waals surface area contributed by atoms with Gasteiger partial charge in [0.1, 0.15) is 5.82 Å². The van der Waals surface area contributed by atoms with E-state index in [0.717, 1.165) is 12.1 Å². The molecule has 0 atom stereocenters. The first kappa shape index (κ1) is 16.2. The highest BCUT2D eigenvalue weighted by molar-refractivity contribution is 6.39. The van der Waals surface area contributed by atoms with Crippen molar-refractivity contribution in [1.82, 2.24) is 5.32 Å². The highest BCUT2D eigenvalue weighted by Gasteiger charge is 2.13. The van der Waals surface area contributed by atoms with Gasteiger partial charge in [-0.25, -0.2) is 4.39 Å². The first-order chi connectivity index (χ1) is 8.69. The fourth-order valence-electron chi connectivity index (χ4n) is 1.41. The van der Waals surface area contributed by atoms with E-state index in [1.807, 2.05) is 20.8 Å². The summed E-state index contributed by atoms with van der Waals surface area (Å²) in [5.74, 6) is -0.769. The van der Waals surface area contributed by atoms with Crippen LogP contribution in [0.5, 0.6) is 0 Å². The Morgan fingerprint density at radius 1 is 1.26 bits per heavy atom. The van der Waals surface area contributed by atoms with E-state index in [-0.39, 0.29) is 33.6 Å². The Morgan fingerprint density at radius 2 is 1.79 bits per heavy atom. The van der Waals surface area contributed by atoms with Gasteiger partial charge >= 0.3 is 0 Å². The minimum absolute atomic E-state index is 0.0502. The van der Waals surface area contributed by atoms with E-state index in [0.29, 0.717) is 6.54 Å². The molecule has 0 unspecified atom stereocenters. The van der Waals surface area contributed by atoms with E-state index in [2.05, 4.69) is 10.6 Å². The predicted molar refractivity (Wildman–Crippen MR) is 77.4 cm³/mol. The summed E-state index contributed by atoms with van der Waals surface area (Å²) in [4.78, 5) is 11.7. The van der Waals surface area contributed by atoms with Crippen LogP contribution in [-0.4, -0.2) is 18.0 Å². The fraction of sp³-hybridized carbons (Fsp3) is 0.462. The Morgan fingerprint density at radius 3 is 2.26 bits per heavy atom. The summed E-state index contributed by atoms with van der Waals surface area (Å²) >= 11 is 11.7. The molecule has 1 amide bonds. The minimum atomic E-state index is -0.539. The normalized spacial score (nSPS) is 11.5. The molecule has 0 aliphatic heterocycles. The summed E-state index contributed by atoms with van der Waals surface area (Å²) in [7, 11) is 0. The molecule has 0 radical (unpaired) electrons. The van der Waals surface area contributed by atoms with Crippen LogP contribution < -0.4 is 10.6 Å². The fourth-order valence-corrected chi connectivity index (χ4v) is 1.97. The number of rotatable bonds is 4. The van der Waals surface area contributed by atoms with Gasteiger partial charge in [0.15, 0.2) is 0 Å². The van der Waals surface area contributed by atoms with Crippen molar-refractivity contribution in [3.63, 3.8) is 0 Å². The van der Waals surface area contributed by atoms with Gasteiger partial charge in [-0.2, -0.15) is 0 Å². The zero-order chi connectivity index (χ0) is 14.6. The molecular weight excluding hydrogens is 290 g/mol. The average molecular weight is 307 g/mol. The van der Waals surface area contributed by atoms with Crippen LogP contribution in [0.4, 0.5) is 10.1 Å². The number of amides is 1. The number of halogens is 3. The van der Waals surface area contributed by atoms with E-state index in [1.54, 1.807) is 0 Å². The number of carbonyl (C=O) groups excluding carboxylic acids is 1. The Bertz CT molecular complexity index is 449. The van der Waals surface area contributed by atoms with Crippen molar-refractivity contribution >= 4 is 34.8 Å². The van der Waals surface area contributed by atoms with Crippen LogP contribution in [0.15, 0.2) is 12.1 Å². The lowest BCUT2D eigenvalue weighted by molar-refractivity contribution is -0.116. The highest BCUT2D eigenvalue weighted by atomic mass is 35.5. The standard InChI is InChI=1S/C13H17Cl2FN2O/c1-13(2,3)17-5-4-11(19)18-12-9(14)6-8(16)7-10(12)15/h6-7,17H,4-5H2,1-3H3,(H,18,19). The van der Waals surface area contributed by atoms with E-state index in [4.69, 9.17) is 23.2 Å². The molecule has 0 fully saturated rings. The lowest BCUT2D eigenvalue weighted by Gasteiger charge is -2.20. The summed E-state index contributed by atoms with van der Waals surface area (Å²) in [6.07, 6.45) is 0.279. The number of nitrogens with one attached hydrogen (secondary N) is 2. The first-order valence-corrected chi connectivity index (χ1v) is 6.64. The number of hydrogen-bond acceptors (Lipinski definition) is 2. The Hall–Kier alpha value is -0.840. The summed E-state index contributed by atoms with van der Waals surface area (Å²) in [6.45, 7) is 6.57. The van der Waals surface area contributed by atoms with Gasteiger partial charge in [-0.05, 0) is 32.9 Å². The van der Waals surface area contributed by atoms with Gasteiger partial charge in [0.2, 0.25) is 5.91 Å². The van der Waals surface area contributed by atoms with Crippen molar-refractivity contribution in [1.29, 1.82) is 0 Å². The summed E-state index contributed by atoms with van der Waals surface area (Å²) in [6, 6.07) is 2.22. The van der Waals surface area contributed by atoms with Gasteiger partial charge in [0, 0.05) is 18.5 Å². The lowest BCUT2D eigenvalue weighted by Crippen LogP contribution is -2.37. The van der Waals surface area contributed by atoms with E-state index in [1.165, 1.54) is 0 Å². The second-order valence-corrected chi connectivity index (χ2v) is 6.03. The predicted octanol–water partition coefficient (Wildman–Crippen LogP) is 3.85. The molecule has 1 aromatic carbocycles. The van der Waals surface area contributed by atoms with Gasteiger partial charge in [0.25, 0.3) is 0 Å². The molecule has 3 nitrogen and oxygen atoms in total. The summed E-state index contributed by atoms with van der Waals surface area (Å²) in [5.41, 5.74) is 0.191. The molecule has 1 rings (SSSR count). The molecular formula is C13H17Cl2FN2O. The van der Waals surface area contributed by atoms with Crippen LogP contribution in [0.3, 0.4) is 0 Å². The monoisotopic (exact) mass is 306 g/mol. The zero-order valence-electron chi connectivity index (χ0n) is 11.1. The molecule has 0 spiro atoms. The molecule has 106 valence electrons. The number of hydrogen-bond donors (Lipinski definition) is 2. The highest BCUT2D eigenvalue weighted by Crippen LogP contribution is 2.31. The molecule has 19 heavy (non-hydrogen) atoms. The maximum atomic E-state index is 13.0. The quantitative estimate of drug-likeness (QED) is 0.887. The van der Waals surface area contributed by atoms with E-state index >= 15 is 0 Å². The van der Waals surface area contributed by atoms with Crippen LogP contribution in [-0.2, 0) is 4.79 Å². The van der Waals surface area contributed by atoms with Crippen molar-refractivity contribution in [3.05, 3.63) is 28.0 Å². The molecule has 2 N–H and O–H groups in total. The van der Waals surface area contributed by atoms with Crippen LogP contribution in [0, 0.1) is 5.82 Å². The number of benzene rings is 1. The second-order valence-electron chi connectivity index (χ2n) is 5.22. The van der Waals surface area contributed by atoms with E-state index < -0.39 is 5.82 Å². The molecule has 0 bridgehead atoms. The third kappa shape index (κ3) is 5.76. The first-order valence-electron chi connectivity index (χ1n) is 5.88. The molecule has 1 aromatic rings. The average Bonchev–Trinajstić information content (AvgIpc) is 2.21. The molecule has 0 aliphatic rings. The van der Waals surface area contributed by atoms with E-state index in [9.17, 15) is 9.18 Å². The van der Waals surface area contributed by atoms with Crippen LogP contribution >= 0.6 is 23.2 Å². The summed E-state index contributed by atoms with van der Waals surface area (Å²) < 4.78 is 13.0. The Labute approximate surface area is 122 Å². The molecule has 0 heterocycles. The Balaban J connectivity index is 2.58. The lowest BCUT2D eigenvalue weighted by atomic mass is 10.1. The number of anilines is 1. The molecule has 0 aromatic heterocycles. The van der Waals surface area contributed by atoms with Gasteiger partial charge in [-0.15, -0.1) is 0 Å². The van der Waals surface area contributed by atoms with Crippen LogP contribution in [0.1, 0.15) is 27.2 Å². The second kappa shape index (κ2) is 6.55. The van der Waals surface area contributed by atoms with Gasteiger partial charge in [-0.1, -0.05) is 23.2 Å². The largest absolute Gasteiger partial charge is 0.324 e. The molecule has 6 heteroatoms. The van der Waals surface area contributed by atoms with Crippen molar-refractivity contribution in [3.8, 4) is 0 Å². The maximum Gasteiger partial charge on any atom is 0.225 e. The van der Waals surface area contributed by atoms with Gasteiger partial charge < -0.3 is 10.6 Å². The van der Waals surface area contributed by atoms with Crippen molar-refractivity contribution in [2.75, 3.05) is 11.9 Å². The Kier molecular flexibility index (Phi) is 5.59. The summed E-state index contributed by atoms with van der Waals surface area (Å²) in [5, 5.41) is 5.94. The van der Waals surface area contributed by atoms with Crippen molar-refractivity contribution in [2.24, 2.45) is 0 Å². The van der Waals surface area contributed by atoms with Crippen molar-refractivity contribution in [2.45, 2.75) is 32.7 Å². The third-order valence-electron chi connectivity index (χ3n) is 2.28. The van der Waals surface area contributed by atoms with Crippen LogP contribution in [0.25, 0.3) is 0 Å². The van der Waals surface area contributed by atoms with Gasteiger partial charge in [-0.3, -0.25) is 4.79 Å². The third-order valence-corrected chi connectivity index (χ3v) is 2.87. The van der Waals surface area contributed by atoms with Crippen LogP contribution in [0.2, 0.25) is 10.0 Å².